The summed E-state index contributed by atoms with van der Waals surface area (Å²) in [5.41, 5.74) is 0.864. The molecule has 0 bridgehead atoms. The first-order chi connectivity index (χ1) is 14.0. The zero-order valence-corrected chi connectivity index (χ0v) is 19.6. The summed E-state index contributed by atoms with van der Waals surface area (Å²) in [4.78, 5) is 11.7. The molecule has 4 heteroatoms. The second-order valence-corrected chi connectivity index (χ2v) is 11.8. The smallest absolute Gasteiger partial charge is 0.305 e. The van der Waals surface area contributed by atoms with E-state index in [1.807, 2.05) is 6.92 Å². The Morgan fingerprint density at radius 1 is 1.17 bits per heavy atom. The van der Waals surface area contributed by atoms with Gasteiger partial charge in [0.25, 0.3) is 0 Å². The van der Waals surface area contributed by atoms with Crippen molar-refractivity contribution in [3.05, 3.63) is 11.6 Å². The Balaban J connectivity index is 1.61. The predicted octanol–water partition coefficient (Wildman–Crippen LogP) is 4.88. The van der Waals surface area contributed by atoms with Crippen LogP contribution in [0.3, 0.4) is 0 Å². The Morgan fingerprint density at radius 3 is 2.60 bits per heavy atom. The van der Waals surface area contributed by atoms with Gasteiger partial charge in [0, 0.05) is 6.42 Å². The fourth-order valence-corrected chi connectivity index (χ4v) is 8.61. The summed E-state index contributed by atoms with van der Waals surface area (Å²) in [6.07, 6.45) is 10.7. The van der Waals surface area contributed by atoms with Crippen LogP contribution >= 0.6 is 0 Å². The van der Waals surface area contributed by atoms with Crippen LogP contribution in [-0.4, -0.2) is 35.0 Å². The van der Waals surface area contributed by atoms with Crippen molar-refractivity contribution in [2.75, 3.05) is 7.11 Å². The number of carbonyl (C=O) groups is 1. The van der Waals surface area contributed by atoms with Gasteiger partial charge in [-0.25, -0.2) is 0 Å². The number of hydrogen-bond acceptors (Lipinski definition) is 4. The molecule has 0 heterocycles. The molecule has 170 valence electrons. The number of fused-ring (bicyclic) bond motifs is 5. The SMILES string of the molecule is COC(=O)CC[C@@H](C)[C@H]1CC[C@H]2[C@H]3[C@H](CC[C@]12C)[C@@]1(C)CC[C@H](O)CC1=CC3(C)O. The van der Waals surface area contributed by atoms with Gasteiger partial charge < -0.3 is 14.9 Å². The Labute approximate surface area is 182 Å². The topological polar surface area (TPSA) is 66.8 Å². The van der Waals surface area contributed by atoms with E-state index < -0.39 is 5.60 Å². The number of hydrogen-bond donors (Lipinski definition) is 2. The van der Waals surface area contributed by atoms with Gasteiger partial charge in [-0.1, -0.05) is 32.4 Å². The number of carbonyl (C=O) groups excluding carboxylic acids is 1. The highest BCUT2D eigenvalue weighted by Crippen LogP contribution is 2.68. The van der Waals surface area contributed by atoms with Crippen molar-refractivity contribution in [2.45, 2.75) is 97.2 Å². The number of aliphatic hydroxyl groups is 2. The molecule has 0 aromatic heterocycles. The molecule has 4 aliphatic rings. The van der Waals surface area contributed by atoms with E-state index in [1.54, 1.807) is 0 Å². The molecule has 3 fully saturated rings. The normalized spacial score (nSPS) is 48.8. The minimum absolute atomic E-state index is 0.106. The quantitative estimate of drug-likeness (QED) is 0.505. The van der Waals surface area contributed by atoms with Crippen LogP contribution in [-0.2, 0) is 9.53 Å². The third-order valence-electron chi connectivity index (χ3n) is 10.2. The van der Waals surface area contributed by atoms with E-state index in [0.717, 1.165) is 32.1 Å². The molecule has 0 aromatic carbocycles. The molecule has 0 spiro atoms. The first-order valence-electron chi connectivity index (χ1n) is 12.2. The van der Waals surface area contributed by atoms with Crippen LogP contribution in [0.25, 0.3) is 0 Å². The first-order valence-corrected chi connectivity index (χ1v) is 12.2. The van der Waals surface area contributed by atoms with Gasteiger partial charge in [0.15, 0.2) is 0 Å². The molecule has 0 radical (unpaired) electrons. The molecule has 0 amide bonds. The lowest BCUT2D eigenvalue weighted by atomic mass is 9.44. The molecule has 0 saturated heterocycles. The Kier molecular flexibility index (Phi) is 5.67. The monoisotopic (exact) mass is 418 g/mol. The second-order valence-electron chi connectivity index (χ2n) is 11.8. The number of methoxy groups -OCH3 is 1. The van der Waals surface area contributed by atoms with Crippen LogP contribution in [0.5, 0.6) is 0 Å². The van der Waals surface area contributed by atoms with Gasteiger partial charge in [-0.2, -0.15) is 0 Å². The van der Waals surface area contributed by atoms with Crippen molar-refractivity contribution in [3.8, 4) is 0 Å². The fourth-order valence-electron chi connectivity index (χ4n) is 8.61. The summed E-state index contributed by atoms with van der Waals surface area (Å²) in [7, 11) is 1.47. The maximum absolute atomic E-state index is 11.7. The van der Waals surface area contributed by atoms with E-state index in [-0.39, 0.29) is 28.8 Å². The van der Waals surface area contributed by atoms with E-state index in [9.17, 15) is 15.0 Å². The third kappa shape index (κ3) is 3.37. The number of aliphatic hydroxyl groups excluding tert-OH is 1. The molecule has 1 unspecified atom stereocenters. The van der Waals surface area contributed by atoms with Gasteiger partial charge in [-0.05, 0) is 98.7 Å². The van der Waals surface area contributed by atoms with Crippen LogP contribution in [0.4, 0.5) is 0 Å². The van der Waals surface area contributed by atoms with Crippen molar-refractivity contribution >= 4 is 5.97 Å². The molecule has 0 aromatic rings. The number of ether oxygens (including phenoxy) is 1. The minimum Gasteiger partial charge on any atom is -0.469 e. The summed E-state index contributed by atoms with van der Waals surface area (Å²) in [6.45, 7) is 9.22. The highest BCUT2D eigenvalue weighted by molar-refractivity contribution is 5.69. The zero-order valence-electron chi connectivity index (χ0n) is 19.6. The van der Waals surface area contributed by atoms with Gasteiger partial charge in [-0.15, -0.1) is 0 Å². The molecule has 4 rings (SSSR count). The number of rotatable bonds is 4. The molecular formula is C26H42O4. The fraction of sp³-hybridized carbons (Fsp3) is 0.885. The van der Waals surface area contributed by atoms with Crippen molar-refractivity contribution in [1.82, 2.24) is 0 Å². The van der Waals surface area contributed by atoms with Gasteiger partial charge in [0.1, 0.15) is 0 Å². The van der Waals surface area contributed by atoms with Crippen LogP contribution < -0.4 is 0 Å². The molecule has 0 aliphatic heterocycles. The molecule has 2 N–H and O–H groups in total. The summed E-state index contributed by atoms with van der Waals surface area (Å²) >= 11 is 0. The van der Waals surface area contributed by atoms with Crippen LogP contribution in [0.15, 0.2) is 11.6 Å². The van der Waals surface area contributed by atoms with Crippen LogP contribution in [0.2, 0.25) is 0 Å². The van der Waals surface area contributed by atoms with E-state index >= 15 is 0 Å². The van der Waals surface area contributed by atoms with Crippen molar-refractivity contribution in [2.24, 2.45) is 40.4 Å². The van der Waals surface area contributed by atoms with Crippen LogP contribution in [0.1, 0.15) is 85.5 Å². The van der Waals surface area contributed by atoms with Gasteiger partial charge in [-0.3, -0.25) is 4.79 Å². The predicted molar refractivity (Wildman–Crippen MR) is 118 cm³/mol. The van der Waals surface area contributed by atoms with E-state index in [2.05, 4.69) is 26.8 Å². The maximum atomic E-state index is 11.7. The summed E-state index contributed by atoms with van der Waals surface area (Å²) in [6, 6.07) is 0. The molecule has 3 saturated carbocycles. The lowest BCUT2D eigenvalue weighted by Crippen LogP contribution is -2.58. The summed E-state index contributed by atoms with van der Waals surface area (Å²) < 4.78 is 4.87. The number of esters is 1. The average Bonchev–Trinajstić information content (AvgIpc) is 3.04. The summed E-state index contributed by atoms with van der Waals surface area (Å²) in [5.74, 6) is 2.31. The van der Waals surface area contributed by atoms with E-state index in [4.69, 9.17) is 4.74 Å². The van der Waals surface area contributed by atoms with Gasteiger partial charge in [0.2, 0.25) is 0 Å². The van der Waals surface area contributed by atoms with E-state index in [0.29, 0.717) is 30.1 Å². The summed E-state index contributed by atoms with van der Waals surface area (Å²) in [5, 5.41) is 22.0. The average molecular weight is 419 g/mol. The van der Waals surface area contributed by atoms with E-state index in [1.165, 1.54) is 31.9 Å². The lowest BCUT2D eigenvalue weighted by Gasteiger charge is -2.62. The first kappa shape index (κ1) is 22.3. The van der Waals surface area contributed by atoms with Gasteiger partial charge >= 0.3 is 5.97 Å². The van der Waals surface area contributed by atoms with Crippen molar-refractivity contribution in [3.63, 3.8) is 0 Å². The Morgan fingerprint density at radius 2 is 1.90 bits per heavy atom. The zero-order chi connectivity index (χ0) is 21.9. The molecular weight excluding hydrogens is 376 g/mol. The Hall–Kier alpha value is -0.870. The largest absolute Gasteiger partial charge is 0.469 e. The highest BCUT2D eigenvalue weighted by atomic mass is 16.5. The van der Waals surface area contributed by atoms with Crippen molar-refractivity contribution in [1.29, 1.82) is 0 Å². The maximum Gasteiger partial charge on any atom is 0.305 e. The lowest BCUT2D eigenvalue weighted by molar-refractivity contribution is -0.141. The molecule has 9 atom stereocenters. The second kappa shape index (κ2) is 7.62. The van der Waals surface area contributed by atoms with Crippen molar-refractivity contribution < 1.29 is 19.7 Å². The standard InChI is InChI=1S/C26H42O4/c1-16(6-9-22(28)30-5)19-7-8-20-23-21(11-13-25(19,20)3)24(2)12-10-18(27)14-17(24)15-26(23,4)29/h15-16,18-21,23,27,29H,6-14H2,1-5H3/t16-,18+,19-,20+,21+,23+,24+,25-,26?/m1/s1. The van der Waals surface area contributed by atoms with Crippen LogP contribution in [0, 0.1) is 40.4 Å². The molecule has 4 aliphatic carbocycles. The Bertz CT molecular complexity index is 712. The highest BCUT2D eigenvalue weighted by Gasteiger charge is 2.63. The van der Waals surface area contributed by atoms with Gasteiger partial charge in [0.05, 0.1) is 18.8 Å². The third-order valence-corrected chi connectivity index (χ3v) is 10.2. The minimum atomic E-state index is -0.799. The molecule has 4 nitrogen and oxygen atoms in total. The molecule has 30 heavy (non-hydrogen) atoms.